The lowest BCUT2D eigenvalue weighted by atomic mass is 10.1. The Kier molecular flexibility index (Phi) is 8.72. The van der Waals surface area contributed by atoms with Crippen LogP contribution in [0.5, 0.6) is 0 Å². The molecule has 24 heavy (non-hydrogen) atoms. The smallest absolute Gasteiger partial charge is 0.0888 e. The first-order chi connectivity index (χ1) is 11.5. The normalized spacial score (nSPS) is 15.6. The van der Waals surface area contributed by atoms with Crippen molar-refractivity contribution in [2.75, 3.05) is 5.73 Å². The van der Waals surface area contributed by atoms with Crippen molar-refractivity contribution in [1.82, 2.24) is 0 Å². The van der Waals surface area contributed by atoms with Gasteiger partial charge in [-0.05, 0) is 56.5 Å². The number of nitrogens with two attached hydrogens (primary N) is 1. The van der Waals surface area contributed by atoms with Gasteiger partial charge in [0.2, 0.25) is 0 Å². The van der Waals surface area contributed by atoms with Crippen LogP contribution in [-0.2, 0) is 0 Å². The minimum atomic E-state index is 0.484. The Morgan fingerprint density at radius 1 is 1.00 bits per heavy atom. The topological polar surface area (TPSA) is 38.4 Å². The van der Waals surface area contributed by atoms with E-state index >= 15 is 0 Å². The summed E-state index contributed by atoms with van der Waals surface area (Å²) in [6, 6.07) is 6.36. The van der Waals surface area contributed by atoms with Gasteiger partial charge in [0.1, 0.15) is 0 Å². The quantitative estimate of drug-likeness (QED) is 0.616. The highest BCUT2D eigenvalue weighted by Gasteiger charge is 2.04. The van der Waals surface area contributed by atoms with E-state index in [-0.39, 0.29) is 0 Å². The van der Waals surface area contributed by atoms with Crippen LogP contribution in [0.15, 0.2) is 47.6 Å². The van der Waals surface area contributed by atoms with E-state index in [1.54, 1.807) is 22.7 Å². The van der Waals surface area contributed by atoms with Crippen LogP contribution in [0.25, 0.3) is 0 Å². The summed E-state index contributed by atoms with van der Waals surface area (Å²) < 4.78 is 0. The number of allylic oxidation sites excluding steroid dienone is 3. The van der Waals surface area contributed by atoms with E-state index in [1.165, 1.54) is 20.2 Å². The van der Waals surface area contributed by atoms with Crippen LogP contribution in [0, 0.1) is 26.7 Å². The Morgan fingerprint density at radius 2 is 1.71 bits per heavy atom. The zero-order valence-electron chi connectivity index (χ0n) is 15.5. The van der Waals surface area contributed by atoms with Crippen molar-refractivity contribution in [3.8, 4) is 0 Å². The molecule has 4 heteroatoms. The Balaban J connectivity index is 0.000000245. The number of nitrogen functional groups attached to an aromatic ring is 1. The van der Waals surface area contributed by atoms with Crippen LogP contribution in [-0.4, -0.2) is 5.71 Å². The molecule has 0 fully saturated rings. The van der Waals surface area contributed by atoms with Gasteiger partial charge >= 0.3 is 0 Å². The fourth-order valence-electron chi connectivity index (χ4n) is 1.99. The SMILES string of the molecule is CC.Cc1cc(C)c(N)s1.Cc1ccc(C2=NC=CC(C)C=C2)s1. The molecule has 130 valence electrons. The molecular weight excluding hydrogens is 332 g/mol. The number of aliphatic imine (C=N–C) groups is 1. The van der Waals surface area contributed by atoms with Gasteiger partial charge in [0.05, 0.1) is 15.6 Å². The molecule has 3 rings (SSSR count). The predicted molar refractivity (Wildman–Crippen MR) is 113 cm³/mol. The van der Waals surface area contributed by atoms with Crippen molar-refractivity contribution in [3.05, 3.63) is 62.8 Å². The Hall–Kier alpha value is -1.65. The molecule has 2 aromatic heterocycles. The van der Waals surface area contributed by atoms with Gasteiger partial charge in [-0.15, -0.1) is 22.7 Å². The molecule has 3 heterocycles. The molecule has 0 spiro atoms. The molecule has 0 saturated heterocycles. The first-order valence-electron chi connectivity index (χ1n) is 8.27. The van der Waals surface area contributed by atoms with Crippen LogP contribution >= 0.6 is 22.7 Å². The van der Waals surface area contributed by atoms with E-state index in [9.17, 15) is 0 Å². The van der Waals surface area contributed by atoms with E-state index < -0.39 is 0 Å². The highest BCUT2D eigenvalue weighted by molar-refractivity contribution is 7.16. The molecule has 1 aliphatic rings. The van der Waals surface area contributed by atoms with Crippen LogP contribution < -0.4 is 5.73 Å². The third-order valence-electron chi connectivity index (χ3n) is 3.23. The van der Waals surface area contributed by atoms with Gasteiger partial charge in [0.15, 0.2) is 0 Å². The number of anilines is 1. The Morgan fingerprint density at radius 3 is 2.17 bits per heavy atom. The van der Waals surface area contributed by atoms with Gasteiger partial charge in [-0.1, -0.05) is 32.9 Å². The van der Waals surface area contributed by atoms with E-state index in [0.29, 0.717) is 5.92 Å². The molecule has 1 unspecified atom stereocenters. The van der Waals surface area contributed by atoms with Crippen molar-refractivity contribution in [3.63, 3.8) is 0 Å². The molecule has 0 radical (unpaired) electrons. The van der Waals surface area contributed by atoms with Crippen LogP contribution in [0.3, 0.4) is 0 Å². The number of rotatable bonds is 1. The maximum absolute atomic E-state index is 5.56. The van der Waals surface area contributed by atoms with Gasteiger partial charge in [-0.3, -0.25) is 4.99 Å². The summed E-state index contributed by atoms with van der Waals surface area (Å²) in [5.74, 6) is 0.484. The number of thiophene rings is 2. The van der Waals surface area contributed by atoms with E-state index in [1.807, 2.05) is 27.0 Å². The fraction of sp³-hybridized carbons (Fsp3) is 0.350. The monoisotopic (exact) mass is 360 g/mol. The maximum atomic E-state index is 5.56. The summed E-state index contributed by atoms with van der Waals surface area (Å²) >= 11 is 3.44. The van der Waals surface area contributed by atoms with Crippen LogP contribution in [0.1, 0.15) is 41.0 Å². The van der Waals surface area contributed by atoms with Crippen LogP contribution in [0.2, 0.25) is 0 Å². The van der Waals surface area contributed by atoms with E-state index in [4.69, 9.17) is 5.73 Å². The average Bonchev–Trinajstić information content (AvgIpc) is 3.02. The highest BCUT2D eigenvalue weighted by Crippen LogP contribution is 2.22. The van der Waals surface area contributed by atoms with Gasteiger partial charge in [-0.25, -0.2) is 0 Å². The van der Waals surface area contributed by atoms with E-state index in [2.05, 4.69) is 62.2 Å². The lowest BCUT2D eigenvalue weighted by Gasteiger charge is -1.94. The Bertz CT molecular complexity index is 698. The second-order valence-electron chi connectivity index (χ2n) is 5.39. The van der Waals surface area contributed by atoms with Gasteiger partial charge in [0.25, 0.3) is 0 Å². The van der Waals surface area contributed by atoms with Crippen molar-refractivity contribution < 1.29 is 0 Å². The summed E-state index contributed by atoms with van der Waals surface area (Å²) in [6.45, 7) is 12.4. The standard InChI is InChI=1S/C12H13NS.C6H9NS.C2H6/c1-9-3-5-11(13-8-7-9)12-6-4-10(2)14-12;1-4-3-5(2)8-6(4)7;1-2/h3-9H,1-2H3;3H,7H2,1-2H3;1-2H3. The lowest BCUT2D eigenvalue weighted by molar-refractivity contribution is 0.940. The zero-order valence-corrected chi connectivity index (χ0v) is 17.1. The summed E-state index contributed by atoms with van der Waals surface area (Å²) in [5.41, 5.74) is 7.83. The van der Waals surface area contributed by atoms with Gasteiger partial charge in [0, 0.05) is 16.0 Å². The van der Waals surface area contributed by atoms with E-state index in [0.717, 1.165) is 10.7 Å². The minimum absolute atomic E-state index is 0.484. The lowest BCUT2D eigenvalue weighted by Crippen LogP contribution is -1.91. The third kappa shape index (κ3) is 6.46. The maximum Gasteiger partial charge on any atom is 0.0888 e. The molecule has 0 bridgehead atoms. The molecule has 2 N–H and O–H groups in total. The number of nitrogens with zero attached hydrogens (tertiary/aromatic N) is 1. The Labute approximate surface area is 154 Å². The molecule has 2 nitrogen and oxygen atoms in total. The summed E-state index contributed by atoms with van der Waals surface area (Å²) in [6.07, 6.45) is 8.28. The number of hydrogen-bond acceptors (Lipinski definition) is 4. The summed E-state index contributed by atoms with van der Waals surface area (Å²) in [7, 11) is 0. The predicted octanol–water partition coefficient (Wildman–Crippen LogP) is 6.54. The second-order valence-corrected chi connectivity index (χ2v) is 7.96. The molecule has 0 amide bonds. The largest absolute Gasteiger partial charge is 0.390 e. The minimum Gasteiger partial charge on any atom is -0.390 e. The first-order valence-corrected chi connectivity index (χ1v) is 9.91. The third-order valence-corrected chi connectivity index (χ3v) is 5.24. The number of hydrogen-bond donors (Lipinski definition) is 1. The molecule has 1 aliphatic heterocycles. The number of aryl methyl sites for hydroxylation is 3. The van der Waals surface area contributed by atoms with Crippen molar-refractivity contribution in [1.29, 1.82) is 0 Å². The van der Waals surface area contributed by atoms with Crippen LogP contribution in [0.4, 0.5) is 5.00 Å². The summed E-state index contributed by atoms with van der Waals surface area (Å²) in [5, 5.41) is 0.947. The molecule has 0 aromatic carbocycles. The second kappa shape index (κ2) is 10.3. The van der Waals surface area contributed by atoms with Crippen molar-refractivity contribution >= 4 is 33.4 Å². The average molecular weight is 361 g/mol. The summed E-state index contributed by atoms with van der Waals surface area (Å²) in [4.78, 5) is 8.29. The van der Waals surface area contributed by atoms with Crippen molar-refractivity contribution in [2.24, 2.45) is 10.9 Å². The highest BCUT2D eigenvalue weighted by atomic mass is 32.1. The first kappa shape index (κ1) is 20.4. The molecular formula is C20H28N2S2. The fourth-order valence-corrected chi connectivity index (χ4v) is 3.63. The molecule has 1 atom stereocenters. The van der Waals surface area contributed by atoms with Gasteiger partial charge in [-0.2, -0.15) is 0 Å². The van der Waals surface area contributed by atoms with Gasteiger partial charge < -0.3 is 5.73 Å². The molecule has 0 saturated carbocycles. The molecule has 2 aromatic rings. The zero-order chi connectivity index (χ0) is 18.1. The van der Waals surface area contributed by atoms with Crippen molar-refractivity contribution in [2.45, 2.75) is 41.5 Å². The molecule has 0 aliphatic carbocycles.